The summed E-state index contributed by atoms with van der Waals surface area (Å²) in [4.78, 5) is 3.99. The molecule has 20 heavy (non-hydrogen) atoms. The van der Waals surface area contributed by atoms with Crippen molar-refractivity contribution in [1.82, 2.24) is 4.98 Å². The number of hydrogen-bond donors (Lipinski definition) is 2. The molecule has 0 radical (unpaired) electrons. The molecule has 1 aliphatic carbocycles. The molecule has 4 nitrogen and oxygen atoms in total. The largest absolute Gasteiger partial charge is 0.378 e. The van der Waals surface area contributed by atoms with E-state index in [-0.39, 0.29) is 23.8 Å². The van der Waals surface area contributed by atoms with Crippen LogP contribution >= 0.6 is 0 Å². The number of nitrogens with zero attached hydrogens (tertiary/aromatic N) is 1. The number of rotatable bonds is 7. The number of ether oxygens (including phenoxy) is 1. The minimum absolute atomic E-state index is 0.0939. The van der Waals surface area contributed by atoms with Crippen LogP contribution in [0.25, 0.3) is 0 Å². The summed E-state index contributed by atoms with van der Waals surface area (Å²) in [6.45, 7) is 5.21. The van der Waals surface area contributed by atoms with Crippen molar-refractivity contribution < 1.29 is 13.5 Å². The van der Waals surface area contributed by atoms with Crippen molar-refractivity contribution in [2.75, 3.05) is 23.8 Å². The van der Waals surface area contributed by atoms with Gasteiger partial charge < -0.3 is 15.4 Å². The van der Waals surface area contributed by atoms with Gasteiger partial charge in [-0.15, -0.1) is 0 Å². The molecule has 0 aromatic carbocycles. The molecule has 0 atom stereocenters. The summed E-state index contributed by atoms with van der Waals surface area (Å²) in [5.41, 5.74) is 0. The van der Waals surface area contributed by atoms with E-state index >= 15 is 0 Å². The second-order valence-corrected chi connectivity index (χ2v) is 4.97. The minimum atomic E-state index is -0.665. The Bertz CT molecular complexity index is 450. The Hall–Kier alpha value is -1.43. The maximum absolute atomic E-state index is 13.7. The summed E-state index contributed by atoms with van der Waals surface area (Å²) in [7, 11) is 0. The van der Waals surface area contributed by atoms with Gasteiger partial charge in [0.2, 0.25) is 0 Å². The lowest BCUT2D eigenvalue weighted by molar-refractivity contribution is 0.00286. The number of halogens is 2. The molecule has 1 fully saturated rings. The lowest BCUT2D eigenvalue weighted by atomic mass is 9.89. The average molecular weight is 285 g/mol. The number of hydrogen-bond acceptors (Lipinski definition) is 4. The van der Waals surface area contributed by atoms with E-state index in [1.54, 1.807) is 0 Å². The van der Waals surface area contributed by atoms with E-state index in [4.69, 9.17) is 4.74 Å². The van der Waals surface area contributed by atoms with Crippen molar-refractivity contribution >= 4 is 11.6 Å². The Morgan fingerprint density at radius 1 is 1.25 bits per heavy atom. The van der Waals surface area contributed by atoms with Gasteiger partial charge in [-0.1, -0.05) is 6.92 Å². The molecule has 1 heterocycles. The van der Waals surface area contributed by atoms with Crippen molar-refractivity contribution in [2.24, 2.45) is 0 Å². The lowest BCUT2D eigenvalue weighted by Gasteiger charge is -2.35. The van der Waals surface area contributed by atoms with Crippen LogP contribution in [-0.4, -0.2) is 30.3 Å². The van der Waals surface area contributed by atoms with Gasteiger partial charge in [0.05, 0.1) is 6.10 Å². The highest BCUT2D eigenvalue weighted by Gasteiger charge is 2.30. The van der Waals surface area contributed by atoms with Crippen molar-refractivity contribution in [3.05, 3.63) is 17.7 Å². The maximum atomic E-state index is 13.7. The van der Waals surface area contributed by atoms with Gasteiger partial charge in [-0.25, -0.2) is 13.8 Å². The summed E-state index contributed by atoms with van der Waals surface area (Å²) in [5, 5.41) is 5.86. The van der Waals surface area contributed by atoms with Gasteiger partial charge in [0.25, 0.3) is 0 Å². The predicted octanol–water partition coefficient (Wildman–Crippen LogP) is 3.16. The number of aromatic nitrogens is 1. The zero-order valence-corrected chi connectivity index (χ0v) is 11.9. The van der Waals surface area contributed by atoms with Crippen LogP contribution in [0.4, 0.5) is 20.4 Å². The number of nitrogens with one attached hydrogen (secondary N) is 2. The Kier molecular flexibility index (Phi) is 5.11. The van der Waals surface area contributed by atoms with Crippen molar-refractivity contribution in [2.45, 2.75) is 45.3 Å². The molecule has 0 saturated heterocycles. The van der Waals surface area contributed by atoms with E-state index in [0.717, 1.165) is 25.3 Å². The number of anilines is 2. The summed E-state index contributed by atoms with van der Waals surface area (Å²) in [5.74, 6) is -1.13. The lowest BCUT2D eigenvalue weighted by Crippen LogP contribution is -2.41. The van der Waals surface area contributed by atoms with Gasteiger partial charge >= 0.3 is 0 Å². The van der Waals surface area contributed by atoms with Crippen LogP contribution in [0.15, 0.2) is 6.07 Å². The molecule has 0 unspecified atom stereocenters. The van der Waals surface area contributed by atoms with E-state index in [1.807, 2.05) is 13.8 Å². The van der Waals surface area contributed by atoms with Crippen molar-refractivity contribution in [1.29, 1.82) is 0 Å². The minimum Gasteiger partial charge on any atom is -0.378 e. The number of pyridine rings is 1. The Labute approximate surface area is 117 Å². The van der Waals surface area contributed by atoms with Gasteiger partial charge in [-0.3, -0.25) is 0 Å². The fourth-order valence-electron chi connectivity index (χ4n) is 2.18. The van der Waals surface area contributed by atoms with Crippen LogP contribution < -0.4 is 10.6 Å². The normalized spacial score (nSPS) is 21.4. The molecule has 1 aliphatic rings. The zero-order valence-electron chi connectivity index (χ0n) is 11.9. The second kappa shape index (κ2) is 6.83. The highest BCUT2D eigenvalue weighted by atomic mass is 19.1. The molecule has 6 heteroatoms. The van der Waals surface area contributed by atoms with E-state index in [0.29, 0.717) is 13.2 Å². The summed E-state index contributed by atoms with van der Waals surface area (Å²) in [6.07, 6.45) is 2.73. The molecule has 112 valence electrons. The fourth-order valence-corrected chi connectivity index (χ4v) is 2.18. The molecule has 0 amide bonds. The Morgan fingerprint density at radius 3 is 2.60 bits per heavy atom. The molecule has 2 N–H and O–H groups in total. The summed E-state index contributed by atoms with van der Waals surface area (Å²) in [6, 6.07) is 1.00. The Morgan fingerprint density at radius 2 is 1.95 bits per heavy atom. The summed E-state index contributed by atoms with van der Waals surface area (Å²) >= 11 is 0. The van der Waals surface area contributed by atoms with Crippen LogP contribution in [0.3, 0.4) is 0 Å². The van der Waals surface area contributed by atoms with E-state index in [1.165, 1.54) is 0 Å². The van der Waals surface area contributed by atoms with Gasteiger partial charge in [0.15, 0.2) is 23.3 Å². The van der Waals surface area contributed by atoms with Crippen LogP contribution in [0.5, 0.6) is 0 Å². The first kappa shape index (κ1) is 15.0. The topological polar surface area (TPSA) is 46.2 Å². The molecule has 0 aliphatic heterocycles. The molecule has 2 rings (SSSR count). The van der Waals surface area contributed by atoms with Crippen molar-refractivity contribution in [3.63, 3.8) is 0 Å². The molecule has 1 aromatic rings. The predicted molar refractivity (Wildman–Crippen MR) is 75.0 cm³/mol. The molecular weight excluding hydrogens is 264 g/mol. The van der Waals surface area contributed by atoms with E-state index < -0.39 is 11.6 Å². The third-order valence-electron chi connectivity index (χ3n) is 3.31. The third kappa shape index (κ3) is 3.56. The van der Waals surface area contributed by atoms with Crippen LogP contribution in [-0.2, 0) is 4.74 Å². The first-order valence-electron chi connectivity index (χ1n) is 7.12. The highest BCUT2D eigenvalue weighted by Crippen LogP contribution is 2.28. The molecule has 0 spiro atoms. The van der Waals surface area contributed by atoms with Crippen molar-refractivity contribution in [3.8, 4) is 0 Å². The molecular formula is C14H21F2N3O. The SMILES string of the molecule is CCCNc1nc(NC2CC(OCC)C2)c(F)cc1F. The maximum Gasteiger partial charge on any atom is 0.168 e. The Balaban J connectivity index is 1.97. The first-order valence-corrected chi connectivity index (χ1v) is 7.12. The highest BCUT2D eigenvalue weighted by molar-refractivity contribution is 5.48. The summed E-state index contributed by atoms with van der Waals surface area (Å²) < 4.78 is 32.7. The van der Waals surface area contributed by atoms with Gasteiger partial charge in [0.1, 0.15) is 0 Å². The van der Waals surface area contributed by atoms with Crippen LogP contribution in [0.2, 0.25) is 0 Å². The first-order chi connectivity index (χ1) is 9.63. The third-order valence-corrected chi connectivity index (χ3v) is 3.31. The van der Waals surface area contributed by atoms with E-state index in [9.17, 15) is 8.78 Å². The van der Waals surface area contributed by atoms with Crippen LogP contribution in [0, 0.1) is 11.6 Å². The zero-order chi connectivity index (χ0) is 14.5. The van der Waals surface area contributed by atoms with Gasteiger partial charge in [0, 0.05) is 25.3 Å². The molecule has 1 saturated carbocycles. The van der Waals surface area contributed by atoms with Gasteiger partial charge in [-0.2, -0.15) is 0 Å². The second-order valence-electron chi connectivity index (χ2n) is 4.97. The monoisotopic (exact) mass is 285 g/mol. The average Bonchev–Trinajstić information content (AvgIpc) is 2.37. The molecule has 0 bridgehead atoms. The quantitative estimate of drug-likeness (QED) is 0.808. The van der Waals surface area contributed by atoms with E-state index in [2.05, 4.69) is 15.6 Å². The standard InChI is InChI=1S/C14H21F2N3O/c1-3-5-17-13-11(15)8-12(16)14(19-13)18-9-6-10(7-9)20-4-2/h8-10H,3-7H2,1-2H3,(H2,17,18,19). The van der Waals surface area contributed by atoms with Crippen LogP contribution in [0.1, 0.15) is 33.1 Å². The smallest absolute Gasteiger partial charge is 0.168 e. The molecule has 1 aromatic heterocycles. The fraction of sp³-hybridized carbons (Fsp3) is 0.643. The van der Waals surface area contributed by atoms with Gasteiger partial charge in [-0.05, 0) is 26.2 Å².